The van der Waals surface area contributed by atoms with Gasteiger partial charge in [0.15, 0.2) is 6.10 Å². The van der Waals surface area contributed by atoms with Gasteiger partial charge in [0.1, 0.15) is 6.61 Å². The van der Waals surface area contributed by atoms with Crippen LogP contribution < -0.4 is 0 Å². The molecule has 0 aromatic heterocycles. The molecule has 1 unspecified atom stereocenters. The first-order chi connectivity index (χ1) is 31.6. The molecule has 0 rings (SSSR count). The number of rotatable bonds is 46. The third kappa shape index (κ3) is 50.9. The Labute approximate surface area is 395 Å². The molecule has 0 aliphatic heterocycles. The van der Waals surface area contributed by atoms with E-state index in [0.29, 0.717) is 13.0 Å². The summed E-state index contributed by atoms with van der Waals surface area (Å²) in [5.74, 6) is -0.567. The highest BCUT2D eigenvalue weighted by atomic mass is 16.6. The van der Waals surface area contributed by atoms with E-state index in [1.165, 1.54) is 77.0 Å². The monoisotopic (exact) mass is 885 g/mol. The van der Waals surface area contributed by atoms with Crippen LogP contribution in [0.25, 0.3) is 0 Å². The summed E-state index contributed by atoms with van der Waals surface area (Å²) in [7, 11) is 0. The van der Waals surface area contributed by atoms with Gasteiger partial charge in [0, 0.05) is 13.0 Å². The van der Waals surface area contributed by atoms with Crippen LogP contribution in [0, 0.1) is 0 Å². The number of carbonyl (C=O) groups excluding carboxylic acids is 2. The average Bonchev–Trinajstić information content (AvgIpc) is 3.30. The number of hydrogen-bond donors (Lipinski definition) is 0. The Morgan fingerprint density at radius 1 is 0.375 bits per heavy atom. The van der Waals surface area contributed by atoms with Gasteiger partial charge in [0.2, 0.25) is 0 Å². The van der Waals surface area contributed by atoms with Crippen LogP contribution in [-0.4, -0.2) is 37.9 Å². The average molecular weight is 885 g/mol. The number of hydrogen-bond acceptors (Lipinski definition) is 5. The summed E-state index contributed by atoms with van der Waals surface area (Å²) in [5, 5.41) is 0. The lowest BCUT2D eigenvalue weighted by Crippen LogP contribution is -2.29. The summed E-state index contributed by atoms with van der Waals surface area (Å²) >= 11 is 0. The topological polar surface area (TPSA) is 61.8 Å². The van der Waals surface area contributed by atoms with E-state index < -0.39 is 6.10 Å². The molecule has 1 atom stereocenters. The number of unbranched alkanes of at least 4 members (excludes halogenated alkanes) is 16. The van der Waals surface area contributed by atoms with Crippen molar-refractivity contribution in [3.05, 3.63) is 122 Å². The van der Waals surface area contributed by atoms with Crippen molar-refractivity contribution in [2.45, 2.75) is 219 Å². The Kier molecular flexibility index (Phi) is 50.5. The molecule has 0 amide bonds. The lowest BCUT2D eigenvalue weighted by Gasteiger charge is -2.18. The van der Waals surface area contributed by atoms with Crippen molar-refractivity contribution in [2.75, 3.05) is 19.8 Å². The second-order valence-electron chi connectivity index (χ2n) is 16.7. The number of ether oxygens (including phenoxy) is 3. The number of allylic oxidation sites excluding steroid dienone is 19. The third-order valence-electron chi connectivity index (χ3n) is 10.5. The summed E-state index contributed by atoms with van der Waals surface area (Å²) in [6.07, 6.45) is 75.2. The van der Waals surface area contributed by atoms with E-state index in [1.807, 2.05) is 12.2 Å². The molecular weight excluding hydrogens is 789 g/mol. The van der Waals surface area contributed by atoms with E-state index in [2.05, 4.69) is 130 Å². The quantitative estimate of drug-likeness (QED) is 0.0346. The van der Waals surface area contributed by atoms with Crippen molar-refractivity contribution in [3.63, 3.8) is 0 Å². The molecular formula is C59H96O5. The second kappa shape index (κ2) is 53.6. The van der Waals surface area contributed by atoms with Gasteiger partial charge in [-0.05, 0) is 109 Å². The molecule has 362 valence electrons. The van der Waals surface area contributed by atoms with Crippen LogP contribution >= 0.6 is 0 Å². The maximum Gasteiger partial charge on any atom is 0.310 e. The Balaban J connectivity index is 4.44. The van der Waals surface area contributed by atoms with Gasteiger partial charge < -0.3 is 14.2 Å². The van der Waals surface area contributed by atoms with Crippen molar-refractivity contribution in [3.8, 4) is 0 Å². The SMILES string of the molecule is CC/C=C\C/C=C\C/C=C\C/C=C\C/C=C\CC(=O)OC(COCCCCCCCC/C=C\C/C=C\C/C=C\CC)COC(=O)CCCCCCCCC/C=C\C/C=C\CCCCC. The molecule has 0 aromatic rings. The number of esters is 2. The lowest BCUT2D eigenvalue weighted by atomic mass is 10.1. The van der Waals surface area contributed by atoms with Crippen molar-refractivity contribution in [2.24, 2.45) is 0 Å². The Bertz CT molecular complexity index is 1320. The normalized spacial score (nSPS) is 13.2. The van der Waals surface area contributed by atoms with Gasteiger partial charge in [-0.2, -0.15) is 0 Å². The maximum absolute atomic E-state index is 12.7. The van der Waals surface area contributed by atoms with Crippen molar-refractivity contribution in [1.82, 2.24) is 0 Å². The van der Waals surface area contributed by atoms with Crippen LogP contribution in [0.15, 0.2) is 122 Å². The molecule has 0 aliphatic carbocycles. The molecule has 0 saturated carbocycles. The second-order valence-corrected chi connectivity index (χ2v) is 16.7. The molecule has 64 heavy (non-hydrogen) atoms. The third-order valence-corrected chi connectivity index (χ3v) is 10.5. The maximum atomic E-state index is 12.7. The highest BCUT2D eigenvalue weighted by Gasteiger charge is 2.17. The molecule has 0 spiro atoms. The summed E-state index contributed by atoms with van der Waals surface area (Å²) in [4.78, 5) is 25.4. The summed E-state index contributed by atoms with van der Waals surface area (Å²) < 4.78 is 17.3. The molecule has 0 saturated heterocycles. The Hall–Kier alpha value is -3.70. The minimum Gasteiger partial charge on any atom is -0.462 e. The molecule has 0 aliphatic rings. The van der Waals surface area contributed by atoms with Crippen molar-refractivity contribution < 1.29 is 23.8 Å². The molecule has 0 heterocycles. The zero-order valence-corrected chi connectivity index (χ0v) is 41.5. The first-order valence-corrected chi connectivity index (χ1v) is 26.1. The summed E-state index contributed by atoms with van der Waals surface area (Å²) in [5.41, 5.74) is 0. The fourth-order valence-corrected chi connectivity index (χ4v) is 6.69. The minimum absolute atomic E-state index is 0.0287. The fourth-order valence-electron chi connectivity index (χ4n) is 6.69. The Morgan fingerprint density at radius 3 is 1.20 bits per heavy atom. The van der Waals surface area contributed by atoms with Gasteiger partial charge in [0.25, 0.3) is 0 Å². The summed E-state index contributed by atoms with van der Waals surface area (Å²) in [6, 6.07) is 0. The fraction of sp³-hybridized carbons (Fsp3) is 0.627. The highest BCUT2D eigenvalue weighted by Crippen LogP contribution is 2.12. The van der Waals surface area contributed by atoms with E-state index in [9.17, 15) is 9.59 Å². The molecule has 0 fully saturated rings. The molecule has 0 bridgehead atoms. The van der Waals surface area contributed by atoms with Crippen LogP contribution in [0.5, 0.6) is 0 Å². The molecule has 0 N–H and O–H groups in total. The van der Waals surface area contributed by atoms with Gasteiger partial charge in [-0.15, -0.1) is 0 Å². The smallest absolute Gasteiger partial charge is 0.310 e. The lowest BCUT2D eigenvalue weighted by molar-refractivity contribution is -0.162. The van der Waals surface area contributed by atoms with E-state index in [1.54, 1.807) is 0 Å². The van der Waals surface area contributed by atoms with Crippen LogP contribution in [0.2, 0.25) is 0 Å². The van der Waals surface area contributed by atoms with Gasteiger partial charge in [0.05, 0.1) is 13.0 Å². The van der Waals surface area contributed by atoms with Gasteiger partial charge in [-0.3, -0.25) is 9.59 Å². The standard InChI is InChI=1S/C59H96O5/c1-4-7-10-13-16-19-22-25-28-30-32-34-37-40-43-46-49-52-58(60)63-56-57(55-62-54-51-48-45-42-39-36-33-29-26-23-20-17-14-11-8-5-2)64-59(61)53-50-47-44-41-38-35-31-27-24-21-18-15-12-9-6-3/h8-9,11-12,16-21,25-29,31,38,41,47,50,57H,4-7,10,13-15,22-24,30,32-37,39-40,42-46,48-49,51-56H2,1-3H3/b11-8-,12-9-,19-16-,20-17-,21-18-,28-25-,29-26-,31-27-,41-38-,50-47-. The predicted molar refractivity (Wildman–Crippen MR) is 279 cm³/mol. The highest BCUT2D eigenvalue weighted by molar-refractivity contribution is 5.71. The van der Waals surface area contributed by atoms with Crippen molar-refractivity contribution >= 4 is 11.9 Å². The van der Waals surface area contributed by atoms with Gasteiger partial charge in [-0.25, -0.2) is 0 Å². The van der Waals surface area contributed by atoms with E-state index in [4.69, 9.17) is 14.2 Å². The molecule has 5 nitrogen and oxygen atoms in total. The first kappa shape index (κ1) is 60.3. The minimum atomic E-state index is -0.609. The van der Waals surface area contributed by atoms with E-state index in [-0.39, 0.29) is 31.6 Å². The zero-order chi connectivity index (χ0) is 46.3. The van der Waals surface area contributed by atoms with Gasteiger partial charge >= 0.3 is 11.9 Å². The van der Waals surface area contributed by atoms with Gasteiger partial charge in [-0.1, -0.05) is 213 Å². The predicted octanol–water partition coefficient (Wildman–Crippen LogP) is 17.8. The molecule has 0 radical (unpaired) electrons. The largest absolute Gasteiger partial charge is 0.462 e. The van der Waals surface area contributed by atoms with Crippen molar-refractivity contribution in [1.29, 1.82) is 0 Å². The number of carbonyl (C=O) groups is 2. The van der Waals surface area contributed by atoms with Crippen LogP contribution in [-0.2, 0) is 23.8 Å². The summed E-state index contributed by atoms with van der Waals surface area (Å²) in [6.45, 7) is 7.42. The van der Waals surface area contributed by atoms with E-state index >= 15 is 0 Å². The first-order valence-electron chi connectivity index (χ1n) is 26.1. The van der Waals surface area contributed by atoms with Crippen LogP contribution in [0.1, 0.15) is 213 Å². The molecule has 0 aromatic carbocycles. The van der Waals surface area contributed by atoms with E-state index in [0.717, 1.165) is 103 Å². The van der Waals surface area contributed by atoms with Crippen LogP contribution in [0.4, 0.5) is 0 Å². The zero-order valence-electron chi connectivity index (χ0n) is 41.5. The Morgan fingerprint density at radius 2 is 0.750 bits per heavy atom. The van der Waals surface area contributed by atoms with Crippen LogP contribution in [0.3, 0.4) is 0 Å². The molecule has 5 heteroatoms.